The molecule has 12 nitrogen and oxygen atoms in total. The third kappa shape index (κ3) is 11.0. The first kappa shape index (κ1) is 46.5. The molecule has 63 heavy (non-hydrogen) atoms. The van der Waals surface area contributed by atoms with E-state index < -0.39 is 23.8 Å². The number of rotatable bonds is 15. The molecule has 2 N–H and O–H groups in total. The molecule has 2 fully saturated rings. The lowest BCUT2D eigenvalue weighted by Crippen LogP contribution is -2.39. The number of aromatic nitrogens is 4. The molecule has 2 saturated heterocycles. The van der Waals surface area contributed by atoms with Gasteiger partial charge in [0, 0.05) is 43.9 Å². The lowest BCUT2D eigenvalue weighted by Gasteiger charge is -2.31. The van der Waals surface area contributed by atoms with Crippen LogP contribution in [0.5, 0.6) is 0 Å². The van der Waals surface area contributed by atoms with E-state index in [0.29, 0.717) is 67.6 Å². The van der Waals surface area contributed by atoms with E-state index in [1.165, 1.54) is 12.8 Å². The van der Waals surface area contributed by atoms with Gasteiger partial charge >= 0.3 is 11.9 Å². The summed E-state index contributed by atoms with van der Waals surface area (Å²) >= 11 is 0. The van der Waals surface area contributed by atoms with Crippen LogP contribution in [-0.2, 0) is 22.7 Å². The number of aliphatic carboxylic acids is 2. The number of anilines is 2. The van der Waals surface area contributed by atoms with Gasteiger partial charge in [0.25, 0.3) is 11.1 Å². The third-order valence-corrected chi connectivity index (χ3v) is 12.2. The van der Waals surface area contributed by atoms with E-state index in [0.717, 1.165) is 79.7 Å². The van der Waals surface area contributed by atoms with Crippen molar-refractivity contribution in [3.63, 3.8) is 0 Å². The molecule has 3 aromatic carbocycles. The first-order valence-corrected chi connectivity index (χ1v) is 22.9. The van der Waals surface area contributed by atoms with Crippen molar-refractivity contribution in [3.8, 4) is 22.5 Å². The minimum Gasteiger partial charge on any atom is -0.481 e. The quantitative estimate of drug-likeness (QED) is 0.104. The maximum absolute atomic E-state index is 14.2. The molecule has 2 aromatic heterocycles. The van der Waals surface area contributed by atoms with Gasteiger partial charge in [0.2, 0.25) is 11.9 Å². The van der Waals surface area contributed by atoms with Gasteiger partial charge in [-0.25, -0.2) is 9.97 Å². The highest BCUT2D eigenvalue weighted by atomic mass is 16.4. The number of nitrogens with zero attached hydrogens (tertiary/aromatic N) is 6. The Morgan fingerprint density at radius 2 is 0.968 bits per heavy atom. The van der Waals surface area contributed by atoms with Gasteiger partial charge in [0.05, 0.1) is 40.9 Å². The number of carbonyl (C=O) groups is 2. The van der Waals surface area contributed by atoms with Crippen LogP contribution < -0.4 is 20.9 Å². The van der Waals surface area contributed by atoms with E-state index >= 15 is 0 Å². The molecule has 0 aliphatic carbocycles. The second-order valence-electron chi connectivity index (χ2n) is 17.0. The molecule has 2 aliphatic heterocycles. The Hall–Kier alpha value is -6.04. The van der Waals surface area contributed by atoms with Crippen LogP contribution in [0.15, 0.2) is 88.5 Å². The van der Waals surface area contributed by atoms with Crippen molar-refractivity contribution < 1.29 is 19.8 Å². The molecule has 2 unspecified atom stereocenters. The van der Waals surface area contributed by atoms with Gasteiger partial charge in [-0.15, -0.1) is 0 Å². The summed E-state index contributed by atoms with van der Waals surface area (Å²) in [6.07, 6.45) is 8.76. The molecule has 334 valence electrons. The van der Waals surface area contributed by atoms with E-state index in [1.807, 2.05) is 113 Å². The second kappa shape index (κ2) is 21.8. The topological polar surface area (TPSA) is 151 Å². The Morgan fingerprint density at radius 1 is 0.571 bits per heavy atom. The summed E-state index contributed by atoms with van der Waals surface area (Å²) in [5.41, 5.74) is 5.91. The zero-order valence-corrected chi connectivity index (χ0v) is 37.7. The predicted octanol–water partition coefficient (Wildman–Crippen LogP) is 9.42. The molecule has 4 heterocycles. The number of carboxylic acid groups (broad SMARTS) is 2. The predicted molar refractivity (Wildman–Crippen MR) is 251 cm³/mol. The highest BCUT2D eigenvalue weighted by Gasteiger charge is 2.32. The Labute approximate surface area is 371 Å². The fourth-order valence-corrected chi connectivity index (χ4v) is 8.83. The largest absolute Gasteiger partial charge is 0.481 e. The Balaban J connectivity index is 0.000000213. The zero-order chi connectivity index (χ0) is 45.0. The molecule has 0 saturated carbocycles. The van der Waals surface area contributed by atoms with Crippen LogP contribution in [0.3, 0.4) is 0 Å². The molecular formula is C51H64N6O6. The minimum atomic E-state index is -0.980. The number of piperidine rings is 2. The maximum Gasteiger partial charge on any atom is 0.311 e. The van der Waals surface area contributed by atoms with Crippen LogP contribution in [0.1, 0.15) is 125 Å². The standard InChI is InChI=1S/C28H33N3O3.C23H31N3O3/c1-3-10-23(27(33)34)24-25(22-15-13-20(2)14-16-22)29-28(30-17-8-5-9-18-30)31(26(24)32)19-21-11-6-4-7-12-21;1-4-9-18(22(28)29)19-20(17-12-10-16(3)11-13-17)24-23(26(5-2)21(19)27)25-14-7-6-8-15-25/h4,6-7,11-16,23H,3,5,8-10,17-19H2,1-2H3,(H,33,34);10-13,18H,4-9,14-15H2,1-3H3,(H,28,29). The summed E-state index contributed by atoms with van der Waals surface area (Å²) in [4.78, 5) is 66.5. The number of aryl methyl sites for hydroxylation is 2. The third-order valence-electron chi connectivity index (χ3n) is 12.2. The SMILES string of the molecule is CCCC(C(=O)O)c1c(-c2ccc(C)cc2)nc(N2CCCCC2)n(CC)c1=O.CCCC(C(=O)O)c1c(-c2ccc(C)cc2)nc(N2CCCCC2)n(Cc2ccccc2)c1=O. The summed E-state index contributed by atoms with van der Waals surface area (Å²) in [6.45, 7) is 14.1. The molecule has 2 atom stereocenters. The summed E-state index contributed by atoms with van der Waals surface area (Å²) in [7, 11) is 0. The number of hydrogen-bond donors (Lipinski definition) is 2. The molecular weight excluding hydrogens is 793 g/mol. The molecule has 0 amide bonds. The first-order valence-electron chi connectivity index (χ1n) is 22.9. The van der Waals surface area contributed by atoms with Gasteiger partial charge in [0.15, 0.2) is 0 Å². The fraction of sp³-hybridized carbons (Fsp3) is 0.451. The van der Waals surface area contributed by atoms with Crippen LogP contribution in [0.2, 0.25) is 0 Å². The first-order chi connectivity index (χ1) is 30.5. The average Bonchev–Trinajstić information content (AvgIpc) is 3.29. The van der Waals surface area contributed by atoms with Crippen molar-refractivity contribution >= 4 is 23.8 Å². The van der Waals surface area contributed by atoms with Crippen molar-refractivity contribution in [2.75, 3.05) is 36.0 Å². The van der Waals surface area contributed by atoms with Crippen molar-refractivity contribution in [2.24, 2.45) is 0 Å². The number of hydrogen-bond acceptors (Lipinski definition) is 8. The van der Waals surface area contributed by atoms with Crippen LogP contribution in [-0.4, -0.2) is 67.4 Å². The Bertz CT molecular complexity index is 2430. The highest BCUT2D eigenvalue weighted by molar-refractivity contribution is 5.81. The zero-order valence-electron chi connectivity index (χ0n) is 37.7. The van der Waals surface area contributed by atoms with Crippen LogP contribution in [0, 0.1) is 13.8 Å². The Morgan fingerprint density at radius 3 is 1.35 bits per heavy atom. The molecule has 0 bridgehead atoms. The van der Waals surface area contributed by atoms with E-state index in [2.05, 4.69) is 9.80 Å². The molecule has 12 heteroatoms. The van der Waals surface area contributed by atoms with Crippen LogP contribution in [0.25, 0.3) is 22.5 Å². The average molecular weight is 857 g/mol. The minimum absolute atomic E-state index is 0.223. The van der Waals surface area contributed by atoms with Crippen LogP contribution >= 0.6 is 0 Å². The number of carboxylic acids is 2. The maximum atomic E-state index is 14.2. The van der Waals surface area contributed by atoms with Crippen molar-refractivity contribution in [3.05, 3.63) is 127 Å². The van der Waals surface area contributed by atoms with E-state index in [9.17, 15) is 29.4 Å². The fourth-order valence-electron chi connectivity index (χ4n) is 8.83. The monoisotopic (exact) mass is 856 g/mol. The van der Waals surface area contributed by atoms with Gasteiger partial charge in [-0.1, -0.05) is 117 Å². The van der Waals surface area contributed by atoms with Gasteiger partial charge in [-0.2, -0.15) is 0 Å². The highest BCUT2D eigenvalue weighted by Crippen LogP contribution is 2.33. The smallest absolute Gasteiger partial charge is 0.311 e. The second-order valence-corrected chi connectivity index (χ2v) is 17.0. The lowest BCUT2D eigenvalue weighted by molar-refractivity contribution is -0.140. The molecule has 7 rings (SSSR count). The van der Waals surface area contributed by atoms with E-state index in [-0.39, 0.29) is 16.7 Å². The summed E-state index contributed by atoms with van der Waals surface area (Å²) < 4.78 is 3.35. The number of benzene rings is 3. The van der Waals surface area contributed by atoms with Crippen molar-refractivity contribution in [2.45, 2.75) is 124 Å². The van der Waals surface area contributed by atoms with Crippen molar-refractivity contribution in [1.82, 2.24) is 19.1 Å². The molecule has 0 spiro atoms. The Kier molecular flexibility index (Phi) is 16.1. The summed E-state index contributed by atoms with van der Waals surface area (Å²) in [5.74, 6) is -2.41. The molecule has 0 radical (unpaired) electrons. The van der Waals surface area contributed by atoms with Gasteiger partial charge < -0.3 is 20.0 Å². The van der Waals surface area contributed by atoms with Gasteiger partial charge in [-0.3, -0.25) is 28.3 Å². The van der Waals surface area contributed by atoms with Gasteiger partial charge in [0.1, 0.15) is 0 Å². The lowest BCUT2D eigenvalue weighted by atomic mass is 9.91. The van der Waals surface area contributed by atoms with E-state index in [1.54, 1.807) is 9.13 Å². The molecule has 5 aromatic rings. The summed E-state index contributed by atoms with van der Waals surface area (Å²) in [6, 6.07) is 25.5. The summed E-state index contributed by atoms with van der Waals surface area (Å²) in [5, 5.41) is 20.0. The normalized spacial score (nSPS) is 15.0. The van der Waals surface area contributed by atoms with E-state index in [4.69, 9.17) is 9.97 Å². The van der Waals surface area contributed by atoms with Crippen LogP contribution in [0.4, 0.5) is 11.9 Å². The van der Waals surface area contributed by atoms with Crippen molar-refractivity contribution in [1.29, 1.82) is 0 Å². The molecule has 2 aliphatic rings. The van der Waals surface area contributed by atoms with Gasteiger partial charge in [-0.05, 0) is 77.7 Å².